The summed E-state index contributed by atoms with van der Waals surface area (Å²) >= 11 is 9.39. The Morgan fingerprint density at radius 3 is 3.00 bits per heavy atom. The van der Waals surface area contributed by atoms with E-state index in [1.807, 2.05) is 6.20 Å². The van der Waals surface area contributed by atoms with E-state index in [1.165, 1.54) is 5.56 Å². The Morgan fingerprint density at radius 2 is 2.36 bits per heavy atom. The van der Waals surface area contributed by atoms with Gasteiger partial charge in [0.15, 0.2) is 0 Å². The maximum atomic E-state index is 6.01. The number of alkyl halides is 1. The SMILES string of the molecule is COCC(Cl)CCc1cncc(Br)c1. The third kappa shape index (κ3) is 4.40. The van der Waals surface area contributed by atoms with E-state index in [0.717, 1.165) is 17.3 Å². The summed E-state index contributed by atoms with van der Waals surface area (Å²) in [5.74, 6) is 0. The summed E-state index contributed by atoms with van der Waals surface area (Å²) in [5, 5.41) is 0.0824. The molecule has 0 aliphatic carbocycles. The molecular weight excluding hydrogens is 265 g/mol. The fourth-order valence-electron chi connectivity index (χ4n) is 1.18. The topological polar surface area (TPSA) is 22.1 Å². The second kappa shape index (κ2) is 6.38. The van der Waals surface area contributed by atoms with Gasteiger partial charge in [-0.1, -0.05) is 0 Å². The van der Waals surface area contributed by atoms with Crippen LogP contribution in [0.3, 0.4) is 0 Å². The lowest BCUT2D eigenvalue weighted by atomic mass is 10.1. The molecule has 0 fully saturated rings. The van der Waals surface area contributed by atoms with Gasteiger partial charge in [0.05, 0.1) is 12.0 Å². The van der Waals surface area contributed by atoms with Crippen LogP contribution in [0, 0.1) is 0 Å². The smallest absolute Gasteiger partial charge is 0.0626 e. The summed E-state index contributed by atoms with van der Waals surface area (Å²) in [7, 11) is 1.66. The Hall–Kier alpha value is -0.120. The first kappa shape index (κ1) is 12.0. The number of pyridine rings is 1. The van der Waals surface area contributed by atoms with E-state index in [2.05, 4.69) is 27.0 Å². The summed E-state index contributed by atoms with van der Waals surface area (Å²) < 4.78 is 5.97. The highest BCUT2D eigenvalue weighted by Gasteiger charge is 2.04. The minimum absolute atomic E-state index is 0.0824. The van der Waals surface area contributed by atoms with Crippen molar-refractivity contribution in [2.45, 2.75) is 18.2 Å². The summed E-state index contributed by atoms with van der Waals surface area (Å²) in [6.45, 7) is 0.600. The van der Waals surface area contributed by atoms with E-state index >= 15 is 0 Å². The van der Waals surface area contributed by atoms with E-state index in [9.17, 15) is 0 Å². The van der Waals surface area contributed by atoms with Crippen molar-refractivity contribution >= 4 is 27.5 Å². The van der Waals surface area contributed by atoms with Crippen molar-refractivity contribution in [2.24, 2.45) is 0 Å². The van der Waals surface area contributed by atoms with Crippen molar-refractivity contribution < 1.29 is 4.74 Å². The van der Waals surface area contributed by atoms with Crippen LogP contribution < -0.4 is 0 Å². The average molecular weight is 279 g/mol. The van der Waals surface area contributed by atoms with Gasteiger partial charge in [0, 0.05) is 24.0 Å². The van der Waals surface area contributed by atoms with Crippen LogP contribution in [0.15, 0.2) is 22.9 Å². The zero-order valence-electron chi connectivity index (χ0n) is 8.04. The number of methoxy groups -OCH3 is 1. The highest BCUT2D eigenvalue weighted by Crippen LogP contribution is 2.13. The highest BCUT2D eigenvalue weighted by molar-refractivity contribution is 9.10. The van der Waals surface area contributed by atoms with Crippen LogP contribution in [-0.2, 0) is 11.2 Å². The third-order valence-corrected chi connectivity index (χ3v) is 2.63. The van der Waals surface area contributed by atoms with Gasteiger partial charge in [-0.2, -0.15) is 0 Å². The molecule has 0 saturated heterocycles. The number of aryl methyl sites for hydroxylation is 1. The van der Waals surface area contributed by atoms with Crippen LogP contribution >= 0.6 is 27.5 Å². The summed E-state index contributed by atoms with van der Waals surface area (Å²) in [6, 6.07) is 2.06. The standard InChI is InChI=1S/C10H13BrClNO/c1-14-7-10(12)3-2-8-4-9(11)6-13-5-8/h4-6,10H,2-3,7H2,1H3. The zero-order chi connectivity index (χ0) is 10.4. The van der Waals surface area contributed by atoms with Gasteiger partial charge in [-0.25, -0.2) is 0 Å². The molecule has 1 rings (SSSR count). The van der Waals surface area contributed by atoms with Crippen LogP contribution in [0.4, 0.5) is 0 Å². The summed E-state index contributed by atoms with van der Waals surface area (Å²) in [4.78, 5) is 4.09. The van der Waals surface area contributed by atoms with Crippen LogP contribution in [0.5, 0.6) is 0 Å². The fraction of sp³-hybridized carbons (Fsp3) is 0.500. The molecule has 0 amide bonds. The van der Waals surface area contributed by atoms with Crippen LogP contribution in [0.25, 0.3) is 0 Å². The molecule has 0 aliphatic heterocycles. The van der Waals surface area contributed by atoms with Crippen molar-refractivity contribution in [2.75, 3.05) is 13.7 Å². The predicted octanol–water partition coefficient (Wildman–Crippen LogP) is 3.03. The van der Waals surface area contributed by atoms with Crippen LogP contribution in [0.1, 0.15) is 12.0 Å². The van der Waals surface area contributed by atoms with Crippen molar-refractivity contribution in [1.29, 1.82) is 0 Å². The molecule has 4 heteroatoms. The number of aromatic nitrogens is 1. The van der Waals surface area contributed by atoms with Crippen molar-refractivity contribution in [3.05, 3.63) is 28.5 Å². The fourth-order valence-corrected chi connectivity index (χ4v) is 1.83. The Morgan fingerprint density at radius 1 is 1.57 bits per heavy atom. The lowest BCUT2D eigenvalue weighted by Gasteiger charge is -2.07. The number of rotatable bonds is 5. The highest BCUT2D eigenvalue weighted by atomic mass is 79.9. The molecule has 14 heavy (non-hydrogen) atoms. The van der Waals surface area contributed by atoms with Gasteiger partial charge in [0.1, 0.15) is 0 Å². The Bertz CT molecular complexity index is 283. The van der Waals surface area contributed by atoms with Crippen molar-refractivity contribution in [3.8, 4) is 0 Å². The minimum atomic E-state index is 0.0824. The van der Waals surface area contributed by atoms with Gasteiger partial charge < -0.3 is 4.74 Å². The monoisotopic (exact) mass is 277 g/mol. The Balaban J connectivity index is 2.37. The second-order valence-corrected chi connectivity index (χ2v) is 4.64. The molecule has 0 radical (unpaired) electrons. The number of hydrogen-bond acceptors (Lipinski definition) is 2. The summed E-state index contributed by atoms with van der Waals surface area (Å²) in [5.41, 5.74) is 1.20. The van der Waals surface area contributed by atoms with Crippen molar-refractivity contribution in [1.82, 2.24) is 4.98 Å². The maximum Gasteiger partial charge on any atom is 0.0626 e. The normalized spacial score (nSPS) is 12.8. The molecule has 1 heterocycles. The first-order chi connectivity index (χ1) is 6.72. The molecule has 0 bridgehead atoms. The Labute approximate surface area is 97.8 Å². The van der Waals surface area contributed by atoms with E-state index in [1.54, 1.807) is 13.3 Å². The number of ether oxygens (including phenoxy) is 1. The van der Waals surface area contributed by atoms with E-state index in [-0.39, 0.29) is 5.38 Å². The van der Waals surface area contributed by atoms with Gasteiger partial charge in [0.25, 0.3) is 0 Å². The average Bonchev–Trinajstić information content (AvgIpc) is 2.15. The van der Waals surface area contributed by atoms with Gasteiger partial charge in [-0.3, -0.25) is 4.98 Å². The van der Waals surface area contributed by atoms with E-state index < -0.39 is 0 Å². The quantitative estimate of drug-likeness (QED) is 0.773. The number of hydrogen-bond donors (Lipinski definition) is 0. The first-order valence-corrected chi connectivity index (χ1v) is 5.67. The predicted molar refractivity (Wildman–Crippen MR) is 61.8 cm³/mol. The molecule has 1 aromatic rings. The maximum absolute atomic E-state index is 6.01. The molecule has 2 nitrogen and oxygen atoms in total. The zero-order valence-corrected chi connectivity index (χ0v) is 10.4. The molecule has 1 aromatic heterocycles. The molecule has 1 atom stereocenters. The molecule has 78 valence electrons. The molecule has 0 spiro atoms. The molecular formula is C10H13BrClNO. The molecule has 1 unspecified atom stereocenters. The Kier molecular flexibility index (Phi) is 5.45. The third-order valence-electron chi connectivity index (χ3n) is 1.86. The van der Waals surface area contributed by atoms with Gasteiger partial charge >= 0.3 is 0 Å². The lowest BCUT2D eigenvalue weighted by molar-refractivity contribution is 0.195. The number of nitrogens with zero attached hydrogens (tertiary/aromatic N) is 1. The van der Waals surface area contributed by atoms with E-state index in [4.69, 9.17) is 16.3 Å². The van der Waals surface area contributed by atoms with E-state index in [0.29, 0.717) is 6.61 Å². The minimum Gasteiger partial charge on any atom is -0.383 e. The molecule has 0 N–H and O–H groups in total. The molecule has 0 aliphatic rings. The summed E-state index contributed by atoms with van der Waals surface area (Å²) in [6.07, 6.45) is 5.48. The largest absolute Gasteiger partial charge is 0.383 e. The first-order valence-electron chi connectivity index (χ1n) is 4.45. The molecule has 0 aromatic carbocycles. The van der Waals surface area contributed by atoms with Crippen LogP contribution in [0.2, 0.25) is 0 Å². The number of halogens is 2. The lowest BCUT2D eigenvalue weighted by Crippen LogP contribution is -2.08. The van der Waals surface area contributed by atoms with Gasteiger partial charge in [-0.05, 0) is 40.4 Å². The second-order valence-electron chi connectivity index (χ2n) is 3.10. The molecule has 0 saturated carbocycles. The van der Waals surface area contributed by atoms with Crippen LogP contribution in [-0.4, -0.2) is 24.1 Å². The van der Waals surface area contributed by atoms with Gasteiger partial charge in [-0.15, -0.1) is 11.6 Å². The van der Waals surface area contributed by atoms with Crippen molar-refractivity contribution in [3.63, 3.8) is 0 Å². The van der Waals surface area contributed by atoms with Gasteiger partial charge in [0.2, 0.25) is 0 Å².